The van der Waals surface area contributed by atoms with Crippen LogP contribution in [0.1, 0.15) is 30.9 Å². The molecule has 0 spiro atoms. The fourth-order valence-electron chi connectivity index (χ4n) is 3.57. The molecule has 4 aromatic rings. The van der Waals surface area contributed by atoms with Gasteiger partial charge >= 0.3 is 0 Å². The van der Waals surface area contributed by atoms with Crippen LogP contribution in [0.2, 0.25) is 0 Å². The first-order valence-electron chi connectivity index (χ1n) is 9.97. The predicted octanol–water partition coefficient (Wildman–Crippen LogP) is 4.43. The van der Waals surface area contributed by atoms with E-state index in [0.29, 0.717) is 16.7 Å². The van der Waals surface area contributed by atoms with Gasteiger partial charge in [-0.1, -0.05) is 62.4 Å². The Morgan fingerprint density at radius 3 is 2.07 bits per heavy atom. The fourth-order valence-corrected chi connectivity index (χ4v) is 3.57. The average Bonchev–Trinajstić information content (AvgIpc) is 2.77. The van der Waals surface area contributed by atoms with Gasteiger partial charge < -0.3 is 4.57 Å². The number of pyridine rings is 1. The summed E-state index contributed by atoms with van der Waals surface area (Å²) >= 11 is 0. The van der Waals surface area contributed by atoms with Crippen LogP contribution in [0.15, 0.2) is 82.7 Å². The summed E-state index contributed by atoms with van der Waals surface area (Å²) in [7, 11) is 0. The molecule has 0 saturated heterocycles. The number of hydrazone groups is 1. The van der Waals surface area contributed by atoms with Gasteiger partial charge in [0, 0.05) is 10.8 Å². The molecule has 4 rings (SSSR count). The van der Waals surface area contributed by atoms with E-state index in [1.54, 1.807) is 18.3 Å². The highest BCUT2D eigenvalue weighted by Gasteiger charge is 2.12. The fraction of sp³-hybridized carbons (Fsp3) is 0.160. The molecule has 0 bridgehead atoms. The van der Waals surface area contributed by atoms with Gasteiger partial charge in [0.1, 0.15) is 6.54 Å². The van der Waals surface area contributed by atoms with Crippen LogP contribution >= 0.6 is 0 Å². The Balaban J connectivity index is 1.58. The lowest BCUT2D eigenvalue weighted by Gasteiger charge is -2.14. The number of para-hydroxylation sites is 2. The maximum absolute atomic E-state index is 12.8. The summed E-state index contributed by atoms with van der Waals surface area (Å²) in [5.41, 5.74) is 6.19. The molecule has 1 N–H and O–H groups in total. The SMILES string of the molecule is CC(C)c1ccc(/C=N\NC(=O)Cn2c3ccccc3c(=O)c3ccccc32)cc1. The lowest BCUT2D eigenvalue weighted by atomic mass is 10.0. The summed E-state index contributed by atoms with van der Waals surface area (Å²) in [6.07, 6.45) is 1.63. The summed E-state index contributed by atoms with van der Waals surface area (Å²) in [4.78, 5) is 25.4. The molecule has 0 aliphatic carbocycles. The molecule has 3 aromatic carbocycles. The molecule has 1 heterocycles. The van der Waals surface area contributed by atoms with E-state index < -0.39 is 0 Å². The number of hydrogen-bond donors (Lipinski definition) is 1. The van der Waals surface area contributed by atoms with Crippen LogP contribution in [0, 0.1) is 0 Å². The second-order valence-electron chi connectivity index (χ2n) is 7.56. The first-order valence-corrected chi connectivity index (χ1v) is 9.97. The van der Waals surface area contributed by atoms with Gasteiger partial charge in [-0.2, -0.15) is 5.10 Å². The molecule has 0 radical (unpaired) electrons. The highest BCUT2D eigenvalue weighted by atomic mass is 16.2. The summed E-state index contributed by atoms with van der Waals surface area (Å²) < 4.78 is 1.86. The van der Waals surface area contributed by atoms with E-state index in [9.17, 15) is 9.59 Å². The van der Waals surface area contributed by atoms with Crippen molar-refractivity contribution < 1.29 is 4.79 Å². The summed E-state index contributed by atoms with van der Waals surface area (Å²) in [5.74, 6) is 0.210. The summed E-state index contributed by atoms with van der Waals surface area (Å²) in [6.45, 7) is 4.35. The molecule has 1 amide bonds. The van der Waals surface area contributed by atoms with Crippen molar-refractivity contribution >= 4 is 33.9 Å². The quantitative estimate of drug-likeness (QED) is 0.308. The van der Waals surface area contributed by atoms with Crippen LogP contribution in [0.5, 0.6) is 0 Å². The van der Waals surface area contributed by atoms with Crippen molar-refractivity contribution in [3.8, 4) is 0 Å². The van der Waals surface area contributed by atoms with Gasteiger partial charge in [0.25, 0.3) is 5.91 Å². The number of amides is 1. The highest BCUT2D eigenvalue weighted by Crippen LogP contribution is 2.19. The van der Waals surface area contributed by atoms with Gasteiger partial charge in [-0.05, 0) is 41.3 Å². The molecule has 5 heteroatoms. The molecule has 0 atom stereocenters. The molecule has 150 valence electrons. The minimum atomic E-state index is -0.260. The standard InChI is InChI=1S/C25H23N3O2/c1-17(2)19-13-11-18(12-14-19)15-26-27-24(29)16-28-22-9-5-3-7-20(22)25(30)21-8-4-6-10-23(21)28/h3-15,17H,16H2,1-2H3,(H,27,29)/b26-15-. The van der Waals surface area contributed by atoms with Crippen molar-refractivity contribution in [3.63, 3.8) is 0 Å². The van der Waals surface area contributed by atoms with Crippen molar-refractivity contribution in [1.29, 1.82) is 0 Å². The molecule has 0 saturated carbocycles. The number of benzene rings is 3. The first-order chi connectivity index (χ1) is 14.5. The second kappa shape index (κ2) is 8.33. The van der Waals surface area contributed by atoms with Crippen LogP contribution in [-0.2, 0) is 11.3 Å². The number of nitrogens with zero attached hydrogens (tertiary/aromatic N) is 2. The summed E-state index contributed by atoms with van der Waals surface area (Å²) in [6, 6.07) is 22.8. The van der Waals surface area contributed by atoms with E-state index in [-0.39, 0.29) is 17.9 Å². The van der Waals surface area contributed by atoms with Crippen LogP contribution in [0.3, 0.4) is 0 Å². The molecular weight excluding hydrogens is 374 g/mol. The number of carbonyl (C=O) groups excluding carboxylic acids is 1. The highest BCUT2D eigenvalue weighted by molar-refractivity contribution is 5.95. The van der Waals surface area contributed by atoms with E-state index in [1.807, 2.05) is 53.1 Å². The predicted molar refractivity (Wildman–Crippen MR) is 122 cm³/mol. The van der Waals surface area contributed by atoms with Crippen LogP contribution < -0.4 is 10.9 Å². The number of fused-ring (bicyclic) bond motifs is 2. The van der Waals surface area contributed by atoms with Gasteiger partial charge in [0.2, 0.25) is 0 Å². The van der Waals surface area contributed by atoms with Crippen molar-refractivity contribution in [3.05, 3.63) is 94.1 Å². The van der Waals surface area contributed by atoms with Gasteiger partial charge in [-0.3, -0.25) is 9.59 Å². The molecular formula is C25H23N3O2. The van der Waals surface area contributed by atoms with Gasteiger partial charge in [0.15, 0.2) is 5.43 Å². The number of rotatable bonds is 5. The minimum absolute atomic E-state index is 0.0271. The molecule has 0 aliphatic heterocycles. The van der Waals surface area contributed by atoms with E-state index in [2.05, 4.69) is 36.5 Å². The zero-order valence-corrected chi connectivity index (χ0v) is 17.0. The number of aromatic nitrogens is 1. The topological polar surface area (TPSA) is 63.5 Å². The number of nitrogens with one attached hydrogen (secondary N) is 1. The Labute approximate surface area is 174 Å². The Hall–Kier alpha value is -3.73. The van der Waals surface area contributed by atoms with Crippen molar-refractivity contribution in [2.45, 2.75) is 26.3 Å². The van der Waals surface area contributed by atoms with Gasteiger partial charge in [-0.15, -0.1) is 0 Å². The Bertz CT molecular complexity index is 1240. The Morgan fingerprint density at radius 1 is 0.933 bits per heavy atom. The Morgan fingerprint density at radius 2 is 1.50 bits per heavy atom. The van der Waals surface area contributed by atoms with E-state index in [1.165, 1.54) is 5.56 Å². The summed E-state index contributed by atoms with van der Waals surface area (Å²) in [5, 5.41) is 5.28. The molecule has 0 unspecified atom stereocenters. The molecule has 5 nitrogen and oxygen atoms in total. The maximum Gasteiger partial charge on any atom is 0.260 e. The van der Waals surface area contributed by atoms with E-state index >= 15 is 0 Å². The van der Waals surface area contributed by atoms with Crippen molar-refractivity contribution in [1.82, 2.24) is 9.99 Å². The normalized spacial score (nSPS) is 11.6. The monoisotopic (exact) mass is 397 g/mol. The second-order valence-corrected chi connectivity index (χ2v) is 7.56. The van der Waals surface area contributed by atoms with Crippen LogP contribution in [0.4, 0.5) is 0 Å². The van der Waals surface area contributed by atoms with Crippen molar-refractivity contribution in [2.24, 2.45) is 5.10 Å². The smallest absolute Gasteiger partial charge is 0.260 e. The van der Waals surface area contributed by atoms with Gasteiger partial charge in [0.05, 0.1) is 17.2 Å². The van der Waals surface area contributed by atoms with Crippen molar-refractivity contribution in [2.75, 3.05) is 0 Å². The number of carbonyl (C=O) groups is 1. The van der Waals surface area contributed by atoms with Crippen LogP contribution in [0.25, 0.3) is 21.8 Å². The van der Waals surface area contributed by atoms with Crippen LogP contribution in [-0.4, -0.2) is 16.7 Å². The third kappa shape index (κ3) is 3.87. The van der Waals surface area contributed by atoms with Gasteiger partial charge in [-0.25, -0.2) is 5.43 Å². The molecule has 0 fully saturated rings. The lowest BCUT2D eigenvalue weighted by molar-refractivity contribution is -0.121. The third-order valence-electron chi connectivity index (χ3n) is 5.19. The van der Waals surface area contributed by atoms with E-state index in [0.717, 1.165) is 16.6 Å². The largest absolute Gasteiger partial charge is 0.331 e. The lowest BCUT2D eigenvalue weighted by Crippen LogP contribution is -2.25. The molecule has 1 aromatic heterocycles. The maximum atomic E-state index is 12.8. The average molecular weight is 397 g/mol. The van der Waals surface area contributed by atoms with E-state index in [4.69, 9.17) is 0 Å². The number of hydrogen-bond acceptors (Lipinski definition) is 3. The minimum Gasteiger partial charge on any atom is -0.331 e. The molecule has 30 heavy (non-hydrogen) atoms. The Kier molecular flexibility index (Phi) is 5.44. The zero-order valence-electron chi connectivity index (χ0n) is 17.0. The third-order valence-corrected chi connectivity index (χ3v) is 5.19. The zero-order chi connectivity index (χ0) is 21.1. The molecule has 0 aliphatic rings. The first kappa shape index (κ1) is 19.6.